The van der Waals surface area contributed by atoms with Gasteiger partial charge >= 0.3 is 0 Å². The van der Waals surface area contributed by atoms with Crippen LogP contribution >= 0.6 is 0 Å². The number of fused-ring (bicyclic) bond motifs is 3. The molecular formula is C69H48N4. The normalized spacial score (nSPS) is 11.7. The Kier molecular flexibility index (Phi) is 12.4. The van der Waals surface area contributed by atoms with Gasteiger partial charge in [-0.3, -0.25) is 15.0 Å². The van der Waals surface area contributed by atoms with Gasteiger partial charge in [0.15, 0.2) is 0 Å². The third kappa shape index (κ3) is 9.74. The molecule has 73 heavy (non-hydrogen) atoms. The third-order valence-corrected chi connectivity index (χ3v) is 13.5. The third-order valence-electron chi connectivity index (χ3n) is 13.5. The van der Waals surface area contributed by atoms with Crippen molar-refractivity contribution in [1.29, 1.82) is 0 Å². The van der Waals surface area contributed by atoms with Crippen LogP contribution in [-0.4, -0.2) is 15.0 Å². The molecular weight excluding hydrogens is 885 g/mol. The second-order valence-electron chi connectivity index (χ2n) is 18.1. The van der Waals surface area contributed by atoms with Crippen LogP contribution in [0.1, 0.15) is 33.8 Å². The summed E-state index contributed by atoms with van der Waals surface area (Å²) in [6.45, 7) is 0. The number of hydrogen-bond donors (Lipinski definition) is 0. The van der Waals surface area contributed by atoms with Crippen LogP contribution in [0.3, 0.4) is 0 Å². The first-order valence-corrected chi connectivity index (χ1v) is 24.6. The lowest BCUT2D eigenvalue weighted by Gasteiger charge is -2.26. The summed E-state index contributed by atoms with van der Waals surface area (Å²) in [5.74, 6) is 0. The molecule has 9 aromatic carbocycles. The van der Waals surface area contributed by atoms with Gasteiger partial charge in [-0.05, 0) is 139 Å². The van der Waals surface area contributed by atoms with Gasteiger partial charge in [0, 0.05) is 51.8 Å². The van der Waals surface area contributed by atoms with E-state index in [1.54, 1.807) is 0 Å². The largest absolute Gasteiger partial charge is 0.311 e. The Bertz CT molecular complexity index is 3530. The van der Waals surface area contributed by atoms with Crippen molar-refractivity contribution in [2.45, 2.75) is 0 Å². The van der Waals surface area contributed by atoms with Gasteiger partial charge in [0.05, 0.1) is 17.1 Å². The highest BCUT2D eigenvalue weighted by Crippen LogP contribution is 2.38. The van der Waals surface area contributed by atoms with Gasteiger partial charge in [0.1, 0.15) is 0 Å². The lowest BCUT2D eigenvalue weighted by Crippen LogP contribution is -2.09. The average molecular weight is 933 g/mol. The number of nitrogens with zero attached hydrogens (tertiary/aromatic N) is 4. The molecule has 4 heteroatoms. The monoisotopic (exact) mass is 932 g/mol. The van der Waals surface area contributed by atoms with E-state index in [4.69, 9.17) is 0 Å². The van der Waals surface area contributed by atoms with Crippen molar-refractivity contribution in [3.05, 3.63) is 289 Å². The Balaban J connectivity index is 0.800. The van der Waals surface area contributed by atoms with Crippen molar-refractivity contribution in [2.24, 2.45) is 0 Å². The predicted molar refractivity (Wildman–Crippen MR) is 309 cm³/mol. The van der Waals surface area contributed by atoms with Gasteiger partial charge in [0.25, 0.3) is 0 Å². The topological polar surface area (TPSA) is 41.9 Å². The van der Waals surface area contributed by atoms with Crippen LogP contribution in [0.4, 0.5) is 17.1 Å². The quantitative estimate of drug-likeness (QED) is 0.122. The summed E-state index contributed by atoms with van der Waals surface area (Å²) in [5.41, 5.74) is 16.4. The van der Waals surface area contributed by atoms with Crippen LogP contribution in [0.15, 0.2) is 255 Å². The van der Waals surface area contributed by atoms with E-state index in [0.717, 1.165) is 100 Å². The van der Waals surface area contributed by atoms with Crippen molar-refractivity contribution >= 4 is 85.8 Å². The Morgan fingerprint density at radius 1 is 0.233 bits per heavy atom. The van der Waals surface area contributed by atoms with Gasteiger partial charge in [-0.1, -0.05) is 200 Å². The van der Waals surface area contributed by atoms with Crippen LogP contribution in [0, 0.1) is 0 Å². The minimum Gasteiger partial charge on any atom is -0.311 e. The van der Waals surface area contributed by atoms with Crippen LogP contribution in [0.2, 0.25) is 0 Å². The van der Waals surface area contributed by atoms with Crippen molar-refractivity contribution in [3.63, 3.8) is 0 Å². The zero-order chi connectivity index (χ0) is 48.8. The van der Waals surface area contributed by atoms with Gasteiger partial charge in [-0.25, -0.2) is 0 Å². The maximum absolute atomic E-state index is 4.64. The van der Waals surface area contributed by atoms with Crippen molar-refractivity contribution in [2.75, 3.05) is 4.90 Å². The molecule has 3 heterocycles. The fourth-order valence-corrected chi connectivity index (χ4v) is 9.57. The summed E-state index contributed by atoms with van der Waals surface area (Å²) in [5, 5.41) is 7.00. The van der Waals surface area contributed by atoms with Crippen molar-refractivity contribution < 1.29 is 0 Å². The molecule has 0 unspecified atom stereocenters. The SMILES string of the molecule is C(=C\c1nccc2ccccc12)/c1ccc(-c2ccc(N(c3ccc(-c4ccc(/C=C/c5nccc6ccccc56)cc4)cc3)c3ccc(-c4ccc(/C=C/c5nccc6ccccc56)cc4)cc3)cc2)cc1. The number of benzene rings is 9. The molecule has 12 rings (SSSR count). The molecule has 0 aliphatic rings. The molecule has 3 aromatic heterocycles. The van der Waals surface area contributed by atoms with Crippen LogP contribution in [0.5, 0.6) is 0 Å². The number of rotatable bonds is 12. The van der Waals surface area contributed by atoms with E-state index in [0.29, 0.717) is 0 Å². The molecule has 0 bridgehead atoms. The molecule has 0 N–H and O–H groups in total. The molecule has 0 radical (unpaired) electrons. The number of aromatic nitrogens is 3. The number of hydrogen-bond acceptors (Lipinski definition) is 4. The van der Waals surface area contributed by atoms with Gasteiger partial charge in [0.2, 0.25) is 0 Å². The molecule has 0 saturated heterocycles. The second-order valence-corrected chi connectivity index (χ2v) is 18.1. The standard InChI is InChI=1S/C69H48N4/c1-4-10-64-58(7-1)43-46-70-67(64)40-19-49-13-22-52(23-14-49)55-28-34-61(35-29-55)73(62-36-30-56(31-37-62)53-24-15-50(16-25-53)20-41-68-65-11-5-2-8-59(65)44-47-71-68)63-38-32-57(33-39-63)54-26-17-51(18-27-54)21-42-69-66-12-6-3-9-60(66)45-48-72-69/h1-48H/b40-19+,41-20+,42-21+. The van der Waals surface area contributed by atoms with E-state index in [1.807, 2.05) is 18.6 Å². The van der Waals surface area contributed by atoms with E-state index < -0.39 is 0 Å². The van der Waals surface area contributed by atoms with Crippen LogP contribution in [-0.2, 0) is 0 Å². The van der Waals surface area contributed by atoms with Gasteiger partial charge in [-0.15, -0.1) is 0 Å². The molecule has 12 aromatic rings. The van der Waals surface area contributed by atoms with Crippen molar-refractivity contribution in [1.82, 2.24) is 15.0 Å². The zero-order valence-electron chi connectivity index (χ0n) is 40.0. The zero-order valence-corrected chi connectivity index (χ0v) is 40.0. The smallest absolute Gasteiger partial charge is 0.0708 e. The molecule has 0 fully saturated rings. The second kappa shape index (κ2) is 20.3. The molecule has 0 aliphatic heterocycles. The minimum atomic E-state index is 0.967. The Labute approximate surface area is 425 Å². The lowest BCUT2D eigenvalue weighted by molar-refractivity contribution is 1.28. The molecule has 0 spiro atoms. The van der Waals surface area contributed by atoms with Crippen molar-refractivity contribution in [3.8, 4) is 33.4 Å². The predicted octanol–water partition coefficient (Wildman–Crippen LogP) is 18.3. The first kappa shape index (κ1) is 44.4. The summed E-state index contributed by atoms with van der Waals surface area (Å²) in [6.07, 6.45) is 18.3. The van der Waals surface area contributed by atoms with E-state index >= 15 is 0 Å². The van der Waals surface area contributed by atoms with Gasteiger partial charge in [-0.2, -0.15) is 0 Å². The molecule has 0 saturated carbocycles. The Morgan fingerprint density at radius 3 is 0.753 bits per heavy atom. The maximum Gasteiger partial charge on any atom is 0.0708 e. The molecule has 0 aliphatic carbocycles. The fraction of sp³-hybridized carbons (Fsp3) is 0. The molecule has 4 nitrogen and oxygen atoms in total. The summed E-state index contributed by atoms with van der Waals surface area (Å²) >= 11 is 0. The first-order chi connectivity index (χ1) is 36.1. The highest BCUT2D eigenvalue weighted by Gasteiger charge is 2.14. The molecule has 0 amide bonds. The Morgan fingerprint density at radius 2 is 0.479 bits per heavy atom. The maximum atomic E-state index is 4.64. The summed E-state index contributed by atoms with van der Waals surface area (Å²) in [4.78, 5) is 16.2. The van der Waals surface area contributed by atoms with Crippen LogP contribution < -0.4 is 4.90 Å². The highest BCUT2D eigenvalue weighted by atomic mass is 15.1. The lowest BCUT2D eigenvalue weighted by atomic mass is 10.0. The first-order valence-electron chi connectivity index (χ1n) is 24.6. The average Bonchev–Trinajstić information content (AvgIpc) is 3.46. The summed E-state index contributed by atoms with van der Waals surface area (Å²) in [7, 11) is 0. The summed E-state index contributed by atoms with van der Waals surface area (Å²) < 4.78 is 0. The van der Waals surface area contributed by atoms with E-state index in [1.165, 1.54) is 16.2 Å². The van der Waals surface area contributed by atoms with E-state index in [9.17, 15) is 0 Å². The molecule has 0 atom stereocenters. The number of pyridine rings is 3. The van der Waals surface area contributed by atoms with E-state index in [2.05, 4.69) is 293 Å². The highest BCUT2D eigenvalue weighted by molar-refractivity contribution is 5.93. The van der Waals surface area contributed by atoms with Gasteiger partial charge < -0.3 is 4.90 Å². The Hall–Kier alpha value is -9.77. The number of anilines is 3. The van der Waals surface area contributed by atoms with Crippen LogP contribution in [0.25, 0.3) is 102 Å². The fourth-order valence-electron chi connectivity index (χ4n) is 9.57. The summed E-state index contributed by atoms with van der Waals surface area (Å²) in [6, 6.07) is 84.0. The molecule has 344 valence electrons. The van der Waals surface area contributed by atoms with E-state index in [-0.39, 0.29) is 0 Å². The minimum absolute atomic E-state index is 0.967.